The lowest BCUT2D eigenvalue weighted by atomic mass is 10.1. The molecule has 90 valence electrons. The van der Waals surface area contributed by atoms with E-state index in [4.69, 9.17) is 9.84 Å². The van der Waals surface area contributed by atoms with Crippen molar-refractivity contribution in [2.24, 2.45) is 0 Å². The van der Waals surface area contributed by atoms with Gasteiger partial charge in [-0.25, -0.2) is 0 Å². The number of aliphatic hydroxyl groups is 1. The van der Waals surface area contributed by atoms with Crippen molar-refractivity contribution in [3.8, 4) is 11.5 Å². The number of hydrogen-bond acceptors (Lipinski definition) is 4. The number of aliphatic hydroxyl groups excluding tert-OH is 1. The van der Waals surface area contributed by atoms with Crippen LogP contribution in [0.15, 0.2) is 16.6 Å². The highest BCUT2D eigenvalue weighted by Crippen LogP contribution is 2.33. The normalized spacial score (nSPS) is 12.5. The van der Waals surface area contributed by atoms with Gasteiger partial charge in [-0.1, -0.05) is 15.9 Å². The van der Waals surface area contributed by atoms with Gasteiger partial charge >= 0.3 is 0 Å². The third kappa shape index (κ3) is 3.37. The van der Waals surface area contributed by atoms with Gasteiger partial charge in [0.2, 0.25) is 0 Å². The Bertz CT molecular complexity index is 357. The van der Waals surface area contributed by atoms with Gasteiger partial charge in [0.05, 0.1) is 13.7 Å². The van der Waals surface area contributed by atoms with Crippen molar-refractivity contribution >= 4 is 15.9 Å². The number of nitrogens with one attached hydrogen (secondary N) is 1. The van der Waals surface area contributed by atoms with E-state index in [0.717, 1.165) is 10.0 Å². The van der Waals surface area contributed by atoms with E-state index < -0.39 is 0 Å². The van der Waals surface area contributed by atoms with Crippen molar-refractivity contribution < 1.29 is 14.9 Å². The number of rotatable bonds is 5. The maximum atomic E-state index is 9.85. The molecule has 0 spiro atoms. The van der Waals surface area contributed by atoms with Gasteiger partial charge in [-0.3, -0.25) is 0 Å². The van der Waals surface area contributed by atoms with Crippen LogP contribution in [0.2, 0.25) is 0 Å². The van der Waals surface area contributed by atoms with Crippen LogP contribution in [0.5, 0.6) is 11.5 Å². The zero-order valence-electron chi connectivity index (χ0n) is 9.33. The lowest BCUT2D eigenvalue weighted by Gasteiger charge is -2.13. The van der Waals surface area contributed by atoms with Crippen LogP contribution in [0.25, 0.3) is 0 Å². The third-order valence-electron chi connectivity index (χ3n) is 2.25. The van der Waals surface area contributed by atoms with Crippen molar-refractivity contribution in [3.63, 3.8) is 0 Å². The Kier molecular flexibility index (Phi) is 5.05. The predicted molar refractivity (Wildman–Crippen MR) is 65.7 cm³/mol. The molecule has 1 rings (SSSR count). The highest BCUT2D eigenvalue weighted by molar-refractivity contribution is 9.10. The summed E-state index contributed by atoms with van der Waals surface area (Å²) in [6, 6.07) is 3.51. The number of methoxy groups -OCH3 is 1. The van der Waals surface area contributed by atoms with Crippen LogP contribution in [0.1, 0.15) is 12.5 Å². The number of halogens is 1. The second-order valence-electron chi connectivity index (χ2n) is 3.58. The summed E-state index contributed by atoms with van der Waals surface area (Å²) in [6.07, 6.45) is 0. The van der Waals surface area contributed by atoms with Crippen LogP contribution >= 0.6 is 15.9 Å². The largest absolute Gasteiger partial charge is 0.504 e. The Hall–Kier alpha value is -0.780. The van der Waals surface area contributed by atoms with Crippen molar-refractivity contribution in [2.45, 2.75) is 19.5 Å². The van der Waals surface area contributed by atoms with Crippen LogP contribution < -0.4 is 10.1 Å². The molecular weight excluding hydrogens is 274 g/mol. The summed E-state index contributed by atoms with van der Waals surface area (Å²) in [6.45, 7) is 2.40. The van der Waals surface area contributed by atoms with Gasteiger partial charge < -0.3 is 20.3 Å². The Labute approximate surface area is 103 Å². The number of ether oxygens (including phenoxy) is 1. The van der Waals surface area contributed by atoms with Crippen LogP contribution in [0.4, 0.5) is 0 Å². The summed E-state index contributed by atoms with van der Waals surface area (Å²) in [5.74, 6) is 0.561. The van der Waals surface area contributed by atoms with E-state index in [1.807, 2.05) is 13.0 Å². The van der Waals surface area contributed by atoms with Crippen LogP contribution in [0, 0.1) is 0 Å². The molecule has 1 aromatic rings. The maximum Gasteiger partial charge on any atom is 0.162 e. The van der Waals surface area contributed by atoms with E-state index in [0.29, 0.717) is 12.3 Å². The van der Waals surface area contributed by atoms with Gasteiger partial charge in [0.25, 0.3) is 0 Å². The van der Waals surface area contributed by atoms with Crippen molar-refractivity contribution in [1.29, 1.82) is 0 Å². The zero-order chi connectivity index (χ0) is 12.1. The predicted octanol–water partition coefficient (Wildman–Crippen LogP) is 1.63. The minimum absolute atomic E-state index is 0.00984. The first-order valence-electron chi connectivity index (χ1n) is 4.98. The topological polar surface area (TPSA) is 61.7 Å². The minimum Gasteiger partial charge on any atom is -0.504 e. The van der Waals surface area contributed by atoms with Gasteiger partial charge in [0, 0.05) is 22.6 Å². The van der Waals surface area contributed by atoms with Crippen molar-refractivity contribution in [3.05, 3.63) is 22.2 Å². The van der Waals surface area contributed by atoms with E-state index in [9.17, 15) is 5.11 Å². The Balaban J connectivity index is 2.83. The molecule has 0 saturated heterocycles. The van der Waals surface area contributed by atoms with E-state index in [1.54, 1.807) is 6.07 Å². The van der Waals surface area contributed by atoms with Gasteiger partial charge in [-0.05, 0) is 19.1 Å². The highest BCUT2D eigenvalue weighted by Gasteiger charge is 2.10. The molecule has 0 fully saturated rings. The summed E-state index contributed by atoms with van der Waals surface area (Å²) >= 11 is 3.34. The molecule has 0 unspecified atom stereocenters. The monoisotopic (exact) mass is 289 g/mol. The molecule has 0 radical (unpaired) electrons. The van der Waals surface area contributed by atoms with E-state index in [1.165, 1.54) is 7.11 Å². The lowest BCUT2D eigenvalue weighted by molar-refractivity contribution is 0.250. The number of aromatic hydroxyl groups is 1. The average Bonchev–Trinajstić information content (AvgIpc) is 2.29. The second kappa shape index (κ2) is 6.08. The van der Waals surface area contributed by atoms with Gasteiger partial charge in [0.1, 0.15) is 0 Å². The van der Waals surface area contributed by atoms with Crippen LogP contribution in [-0.2, 0) is 6.54 Å². The molecule has 0 amide bonds. The molecule has 0 aliphatic carbocycles. The SMILES string of the molecule is COc1cc(Br)cc(CN[C@@H](C)CO)c1O. The molecule has 1 atom stereocenters. The summed E-state index contributed by atoms with van der Waals surface area (Å²) in [4.78, 5) is 0. The summed E-state index contributed by atoms with van der Waals surface area (Å²) in [5.41, 5.74) is 0.728. The first-order valence-corrected chi connectivity index (χ1v) is 5.77. The summed E-state index contributed by atoms with van der Waals surface area (Å²) < 4.78 is 5.89. The molecule has 0 bridgehead atoms. The molecular formula is C11H16BrNO3. The first-order chi connectivity index (χ1) is 7.58. The molecule has 5 heteroatoms. The fraction of sp³-hybridized carbons (Fsp3) is 0.455. The Morgan fingerprint density at radius 2 is 2.19 bits per heavy atom. The Morgan fingerprint density at radius 1 is 1.50 bits per heavy atom. The maximum absolute atomic E-state index is 9.85. The van der Waals surface area contributed by atoms with Crippen molar-refractivity contribution in [1.82, 2.24) is 5.32 Å². The van der Waals surface area contributed by atoms with Gasteiger partial charge in [0.15, 0.2) is 11.5 Å². The fourth-order valence-electron chi connectivity index (χ4n) is 1.27. The molecule has 0 aromatic heterocycles. The second-order valence-corrected chi connectivity index (χ2v) is 4.50. The molecule has 3 N–H and O–H groups in total. The number of benzene rings is 1. The first kappa shape index (κ1) is 13.3. The molecule has 1 aromatic carbocycles. The quantitative estimate of drug-likeness (QED) is 0.771. The fourth-order valence-corrected chi connectivity index (χ4v) is 1.75. The van der Waals surface area contributed by atoms with Crippen LogP contribution in [0.3, 0.4) is 0 Å². The lowest BCUT2D eigenvalue weighted by Crippen LogP contribution is -2.28. The number of phenols is 1. The molecule has 0 heterocycles. The molecule has 0 aliphatic rings. The van der Waals surface area contributed by atoms with Crippen LogP contribution in [-0.4, -0.2) is 30.0 Å². The van der Waals surface area contributed by atoms with E-state index in [2.05, 4.69) is 21.2 Å². The highest BCUT2D eigenvalue weighted by atomic mass is 79.9. The zero-order valence-corrected chi connectivity index (χ0v) is 10.9. The van der Waals surface area contributed by atoms with Gasteiger partial charge in [-0.2, -0.15) is 0 Å². The summed E-state index contributed by atoms with van der Waals surface area (Å²) in [7, 11) is 1.51. The third-order valence-corrected chi connectivity index (χ3v) is 2.71. The molecule has 0 saturated carbocycles. The van der Waals surface area contributed by atoms with E-state index in [-0.39, 0.29) is 18.4 Å². The standard InChI is InChI=1S/C11H16BrNO3/c1-7(6-14)13-5-8-3-9(12)4-10(16-2)11(8)15/h3-4,7,13-15H,5-6H2,1-2H3/t7-/m0/s1. The number of hydrogen-bond donors (Lipinski definition) is 3. The van der Waals surface area contributed by atoms with Crippen molar-refractivity contribution in [2.75, 3.05) is 13.7 Å². The van der Waals surface area contributed by atoms with E-state index >= 15 is 0 Å². The molecule has 0 aliphatic heterocycles. The summed E-state index contributed by atoms with van der Waals surface area (Å²) in [5, 5.41) is 21.8. The number of phenolic OH excluding ortho intramolecular Hbond substituents is 1. The Morgan fingerprint density at radius 3 is 2.75 bits per heavy atom. The van der Waals surface area contributed by atoms with Gasteiger partial charge in [-0.15, -0.1) is 0 Å². The molecule has 4 nitrogen and oxygen atoms in total. The molecule has 16 heavy (non-hydrogen) atoms. The smallest absolute Gasteiger partial charge is 0.162 e. The average molecular weight is 290 g/mol. The minimum atomic E-state index is -0.00984.